The van der Waals surface area contributed by atoms with E-state index in [9.17, 15) is 4.79 Å². The van der Waals surface area contributed by atoms with Gasteiger partial charge in [-0.25, -0.2) is 0 Å². The maximum absolute atomic E-state index is 12.3. The third kappa shape index (κ3) is 3.21. The van der Waals surface area contributed by atoms with E-state index in [-0.39, 0.29) is 24.1 Å². The number of carbonyl (C=O) groups is 1. The van der Waals surface area contributed by atoms with Crippen molar-refractivity contribution < 1.29 is 19.0 Å². The molecule has 1 saturated carbocycles. The van der Waals surface area contributed by atoms with E-state index in [4.69, 9.17) is 14.2 Å². The summed E-state index contributed by atoms with van der Waals surface area (Å²) in [5, 5.41) is 0. The number of ether oxygens (including phenoxy) is 3. The lowest BCUT2D eigenvalue weighted by molar-refractivity contribution is -0.146. The van der Waals surface area contributed by atoms with Crippen molar-refractivity contribution in [2.75, 3.05) is 13.4 Å². The van der Waals surface area contributed by atoms with Gasteiger partial charge in [-0.15, -0.1) is 0 Å². The molecule has 0 spiro atoms. The van der Waals surface area contributed by atoms with Crippen LogP contribution in [0.15, 0.2) is 29.8 Å². The van der Waals surface area contributed by atoms with E-state index in [0.717, 1.165) is 17.1 Å². The molecule has 124 valence electrons. The molecule has 1 aliphatic carbocycles. The zero-order valence-corrected chi connectivity index (χ0v) is 14.2. The second-order valence-electron chi connectivity index (χ2n) is 7.17. The molecule has 0 amide bonds. The Morgan fingerprint density at radius 1 is 1.30 bits per heavy atom. The van der Waals surface area contributed by atoms with E-state index in [0.29, 0.717) is 18.9 Å². The number of fused-ring (bicyclic) bond motifs is 1. The molecule has 1 aromatic rings. The monoisotopic (exact) mass is 316 g/mol. The van der Waals surface area contributed by atoms with Gasteiger partial charge in [0.2, 0.25) is 6.79 Å². The summed E-state index contributed by atoms with van der Waals surface area (Å²) in [6, 6.07) is 5.83. The Bertz CT molecular complexity index is 641. The molecule has 1 heterocycles. The summed E-state index contributed by atoms with van der Waals surface area (Å²) in [6.45, 7) is 9.05. The first-order valence-electron chi connectivity index (χ1n) is 8.10. The fourth-order valence-corrected chi connectivity index (χ4v) is 3.25. The summed E-state index contributed by atoms with van der Waals surface area (Å²) in [5.41, 5.74) is 2.34. The molecule has 4 nitrogen and oxygen atoms in total. The molecule has 1 aliphatic heterocycles. The van der Waals surface area contributed by atoms with Gasteiger partial charge in [-0.3, -0.25) is 4.79 Å². The predicted octanol–water partition coefficient (Wildman–Crippen LogP) is 3.74. The van der Waals surface area contributed by atoms with Crippen LogP contribution in [0.1, 0.15) is 33.3 Å². The van der Waals surface area contributed by atoms with Gasteiger partial charge in [-0.1, -0.05) is 31.6 Å². The van der Waals surface area contributed by atoms with E-state index in [1.807, 2.05) is 18.2 Å². The summed E-state index contributed by atoms with van der Waals surface area (Å²) in [5.74, 6) is 1.73. The highest BCUT2D eigenvalue weighted by molar-refractivity contribution is 5.78. The van der Waals surface area contributed by atoms with Crippen LogP contribution in [-0.2, 0) is 16.0 Å². The minimum absolute atomic E-state index is 0.00705. The smallest absolute Gasteiger partial charge is 0.310 e. The highest BCUT2D eigenvalue weighted by Crippen LogP contribution is 2.59. The van der Waals surface area contributed by atoms with Gasteiger partial charge in [0.05, 0.1) is 12.5 Å². The number of allylic oxidation sites excluding steroid dienone is 2. The minimum atomic E-state index is -0.0850. The average Bonchev–Trinajstić information content (AvgIpc) is 2.85. The molecule has 2 atom stereocenters. The van der Waals surface area contributed by atoms with Crippen molar-refractivity contribution in [3.63, 3.8) is 0 Å². The Balaban J connectivity index is 1.51. The van der Waals surface area contributed by atoms with Gasteiger partial charge in [-0.2, -0.15) is 0 Å². The fraction of sp³-hybridized carbons (Fsp3) is 0.526. The van der Waals surface area contributed by atoms with Gasteiger partial charge in [0, 0.05) is 6.42 Å². The zero-order valence-electron chi connectivity index (χ0n) is 14.2. The van der Waals surface area contributed by atoms with Crippen LogP contribution in [0.5, 0.6) is 11.5 Å². The van der Waals surface area contributed by atoms with E-state index >= 15 is 0 Å². The molecule has 3 rings (SSSR count). The third-order valence-corrected chi connectivity index (χ3v) is 4.75. The van der Waals surface area contributed by atoms with Crippen molar-refractivity contribution in [1.29, 1.82) is 0 Å². The Morgan fingerprint density at radius 3 is 2.78 bits per heavy atom. The second-order valence-corrected chi connectivity index (χ2v) is 7.17. The summed E-state index contributed by atoms with van der Waals surface area (Å²) in [4.78, 5) is 12.3. The van der Waals surface area contributed by atoms with Crippen LogP contribution in [-0.4, -0.2) is 19.4 Å². The number of hydrogen-bond donors (Lipinski definition) is 0. The third-order valence-electron chi connectivity index (χ3n) is 4.75. The van der Waals surface area contributed by atoms with E-state index in [1.54, 1.807) is 0 Å². The number of benzene rings is 1. The van der Waals surface area contributed by atoms with Gasteiger partial charge in [0.15, 0.2) is 11.5 Å². The highest BCUT2D eigenvalue weighted by atomic mass is 16.7. The molecular formula is C19H24O4. The van der Waals surface area contributed by atoms with Crippen LogP contribution < -0.4 is 9.47 Å². The van der Waals surface area contributed by atoms with Crippen LogP contribution in [0, 0.1) is 17.3 Å². The summed E-state index contributed by atoms with van der Waals surface area (Å²) >= 11 is 0. The molecule has 0 N–H and O–H groups in total. The topological polar surface area (TPSA) is 44.8 Å². The quantitative estimate of drug-likeness (QED) is 0.613. The average molecular weight is 316 g/mol. The number of hydrogen-bond acceptors (Lipinski definition) is 4. The van der Waals surface area contributed by atoms with Gasteiger partial charge in [0.25, 0.3) is 0 Å². The second kappa shape index (κ2) is 5.91. The van der Waals surface area contributed by atoms with Crippen molar-refractivity contribution in [2.45, 2.75) is 34.1 Å². The predicted molar refractivity (Wildman–Crippen MR) is 87.4 cm³/mol. The molecule has 1 aromatic carbocycles. The first-order valence-corrected chi connectivity index (χ1v) is 8.10. The summed E-state index contributed by atoms with van der Waals surface area (Å²) in [7, 11) is 0. The van der Waals surface area contributed by atoms with Crippen LogP contribution in [0.3, 0.4) is 0 Å². The van der Waals surface area contributed by atoms with Gasteiger partial charge >= 0.3 is 5.97 Å². The molecule has 0 aromatic heterocycles. The molecule has 23 heavy (non-hydrogen) atoms. The standard InChI is InChI=1S/C19H24O4/c1-12(2)9-14-17(19(14,3)4)18(20)21-8-7-13-5-6-15-16(10-13)23-11-22-15/h5-6,9-10,14,17H,7-8,11H2,1-4H3/t14-,17+/m0/s1. The van der Waals surface area contributed by atoms with Crippen molar-refractivity contribution in [1.82, 2.24) is 0 Å². The Kier molecular flexibility index (Phi) is 4.09. The number of rotatable bonds is 5. The molecule has 0 bridgehead atoms. The minimum Gasteiger partial charge on any atom is -0.465 e. The molecule has 1 fully saturated rings. The fourth-order valence-electron chi connectivity index (χ4n) is 3.25. The van der Waals surface area contributed by atoms with E-state index in [2.05, 4.69) is 33.8 Å². The van der Waals surface area contributed by atoms with Crippen molar-refractivity contribution in [3.05, 3.63) is 35.4 Å². The van der Waals surface area contributed by atoms with Crippen molar-refractivity contribution in [3.8, 4) is 11.5 Å². The molecular weight excluding hydrogens is 292 g/mol. The lowest BCUT2D eigenvalue weighted by Gasteiger charge is -2.06. The van der Waals surface area contributed by atoms with E-state index < -0.39 is 0 Å². The molecule has 0 radical (unpaired) electrons. The Morgan fingerprint density at radius 2 is 2.04 bits per heavy atom. The van der Waals surface area contributed by atoms with Crippen LogP contribution in [0.25, 0.3) is 0 Å². The lowest BCUT2D eigenvalue weighted by Crippen LogP contribution is -2.12. The number of carbonyl (C=O) groups excluding carboxylic acids is 1. The first-order chi connectivity index (χ1) is 10.9. The van der Waals surface area contributed by atoms with Crippen molar-refractivity contribution >= 4 is 5.97 Å². The van der Waals surface area contributed by atoms with Crippen LogP contribution in [0.4, 0.5) is 0 Å². The Hall–Kier alpha value is -1.97. The molecule has 0 unspecified atom stereocenters. The number of esters is 1. The Labute approximate surface area is 137 Å². The van der Waals surface area contributed by atoms with Gasteiger partial charge < -0.3 is 14.2 Å². The highest BCUT2D eigenvalue weighted by Gasteiger charge is 2.61. The van der Waals surface area contributed by atoms with Crippen LogP contribution >= 0.6 is 0 Å². The largest absolute Gasteiger partial charge is 0.465 e. The van der Waals surface area contributed by atoms with Gasteiger partial charge in [-0.05, 0) is 42.9 Å². The molecule has 0 saturated heterocycles. The normalized spacial score (nSPS) is 23.3. The summed E-state index contributed by atoms with van der Waals surface area (Å²) < 4.78 is 16.1. The SMILES string of the molecule is CC(C)=C[C@H]1[C@H](C(=O)OCCc2ccc3c(c2)OCO3)C1(C)C. The van der Waals surface area contributed by atoms with E-state index in [1.165, 1.54) is 5.57 Å². The lowest BCUT2D eigenvalue weighted by atomic mass is 10.1. The van der Waals surface area contributed by atoms with Gasteiger partial charge in [0.1, 0.15) is 0 Å². The maximum Gasteiger partial charge on any atom is 0.310 e. The zero-order chi connectivity index (χ0) is 16.6. The first kappa shape index (κ1) is 15.9. The molecule has 2 aliphatic rings. The van der Waals surface area contributed by atoms with Crippen LogP contribution in [0.2, 0.25) is 0 Å². The molecule has 4 heteroatoms. The summed E-state index contributed by atoms with van der Waals surface area (Å²) in [6.07, 6.45) is 2.87. The van der Waals surface area contributed by atoms with Crippen molar-refractivity contribution in [2.24, 2.45) is 17.3 Å². The maximum atomic E-state index is 12.3.